The van der Waals surface area contributed by atoms with Crippen LogP contribution in [0, 0.1) is 16.0 Å². The summed E-state index contributed by atoms with van der Waals surface area (Å²) in [5.74, 6) is 0.204. The average Bonchev–Trinajstić information content (AvgIpc) is 2.43. The Kier molecular flexibility index (Phi) is 7.49. The van der Waals surface area contributed by atoms with Gasteiger partial charge in [-0.2, -0.15) is 0 Å². The Morgan fingerprint density at radius 1 is 1.50 bits per heavy atom. The SMILES string of the molecule is CCC(C)[C@H](O)[C@H](N)c1ccc(OC)c([N+](=O)[O-])c1.Cl. The van der Waals surface area contributed by atoms with Crippen molar-refractivity contribution in [1.29, 1.82) is 0 Å². The molecule has 0 aromatic heterocycles. The standard InChI is InChI=1S/C13H20N2O4.ClH/c1-4-8(2)13(16)12(14)9-5-6-11(19-3)10(7-9)15(17)18;/h5-8,12-13,16H,4,14H2,1-3H3;1H/t8?,12-,13+;/m1./s1. The van der Waals surface area contributed by atoms with Crippen LogP contribution in [0.3, 0.4) is 0 Å². The maximum atomic E-state index is 10.9. The molecule has 20 heavy (non-hydrogen) atoms. The second-order valence-electron chi connectivity index (χ2n) is 4.59. The summed E-state index contributed by atoms with van der Waals surface area (Å²) < 4.78 is 4.93. The number of nitro groups is 1. The maximum Gasteiger partial charge on any atom is 0.311 e. The molecule has 114 valence electrons. The second kappa shape index (κ2) is 8.04. The summed E-state index contributed by atoms with van der Waals surface area (Å²) in [6, 6.07) is 3.84. The molecule has 1 rings (SSSR count). The van der Waals surface area contributed by atoms with Crippen molar-refractivity contribution in [3.63, 3.8) is 0 Å². The van der Waals surface area contributed by atoms with Gasteiger partial charge in [0.2, 0.25) is 0 Å². The number of hydrogen-bond acceptors (Lipinski definition) is 5. The third-order valence-electron chi connectivity index (χ3n) is 3.38. The minimum atomic E-state index is -0.738. The maximum absolute atomic E-state index is 10.9. The van der Waals surface area contributed by atoms with Crippen LogP contribution in [0.2, 0.25) is 0 Å². The van der Waals surface area contributed by atoms with Gasteiger partial charge in [0.1, 0.15) is 0 Å². The Bertz CT molecular complexity index is 456. The predicted molar refractivity (Wildman–Crippen MR) is 79.3 cm³/mol. The van der Waals surface area contributed by atoms with Gasteiger partial charge in [-0.05, 0) is 17.5 Å². The number of nitro benzene ring substituents is 1. The first-order chi connectivity index (χ1) is 8.92. The molecule has 0 saturated heterocycles. The Balaban J connectivity index is 0.00000361. The summed E-state index contributed by atoms with van der Waals surface area (Å²) in [5.41, 5.74) is 6.34. The van der Waals surface area contributed by atoms with Gasteiger partial charge in [0.25, 0.3) is 0 Å². The Morgan fingerprint density at radius 3 is 2.55 bits per heavy atom. The number of rotatable bonds is 6. The quantitative estimate of drug-likeness (QED) is 0.621. The summed E-state index contributed by atoms with van der Waals surface area (Å²) in [5, 5.41) is 21.0. The summed E-state index contributed by atoms with van der Waals surface area (Å²) >= 11 is 0. The van der Waals surface area contributed by atoms with E-state index in [9.17, 15) is 15.2 Å². The first-order valence-corrected chi connectivity index (χ1v) is 6.18. The summed E-state index contributed by atoms with van der Waals surface area (Å²) in [6.07, 6.45) is 0.0469. The lowest BCUT2D eigenvalue weighted by molar-refractivity contribution is -0.385. The first-order valence-electron chi connectivity index (χ1n) is 6.18. The molecule has 0 aliphatic carbocycles. The molecule has 0 saturated carbocycles. The van der Waals surface area contributed by atoms with E-state index in [1.165, 1.54) is 19.2 Å². The van der Waals surface area contributed by atoms with E-state index >= 15 is 0 Å². The van der Waals surface area contributed by atoms with Crippen molar-refractivity contribution in [1.82, 2.24) is 0 Å². The van der Waals surface area contributed by atoms with Gasteiger partial charge in [0.15, 0.2) is 5.75 Å². The fraction of sp³-hybridized carbons (Fsp3) is 0.538. The molecule has 0 bridgehead atoms. The molecule has 0 radical (unpaired) electrons. The number of aliphatic hydroxyl groups is 1. The van der Waals surface area contributed by atoms with Crippen LogP contribution in [0.1, 0.15) is 31.9 Å². The van der Waals surface area contributed by atoms with Crippen LogP contribution >= 0.6 is 12.4 Å². The monoisotopic (exact) mass is 304 g/mol. The van der Waals surface area contributed by atoms with E-state index in [0.717, 1.165) is 6.42 Å². The number of nitrogens with zero attached hydrogens (tertiary/aromatic N) is 1. The van der Waals surface area contributed by atoms with Gasteiger partial charge in [-0.3, -0.25) is 10.1 Å². The Labute approximate surface area is 124 Å². The molecule has 6 nitrogen and oxygen atoms in total. The molecule has 3 N–H and O–H groups in total. The zero-order chi connectivity index (χ0) is 14.6. The molecule has 7 heteroatoms. The van der Waals surface area contributed by atoms with Crippen molar-refractivity contribution in [2.45, 2.75) is 32.4 Å². The smallest absolute Gasteiger partial charge is 0.311 e. The number of methoxy groups -OCH3 is 1. The van der Waals surface area contributed by atoms with Crippen LogP contribution < -0.4 is 10.5 Å². The Morgan fingerprint density at radius 2 is 2.10 bits per heavy atom. The van der Waals surface area contributed by atoms with Gasteiger partial charge in [-0.15, -0.1) is 12.4 Å². The van der Waals surface area contributed by atoms with E-state index in [-0.39, 0.29) is 29.8 Å². The molecule has 1 unspecified atom stereocenters. The van der Waals surface area contributed by atoms with Gasteiger partial charge < -0.3 is 15.6 Å². The largest absolute Gasteiger partial charge is 0.490 e. The van der Waals surface area contributed by atoms with Crippen molar-refractivity contribution < 1.29 is 14.8 Å². The van der Waals surface area contributed by atoms with Crippen molar-refractivity contribution in [3.05, 3.63) is 33.9 Å². The molecule has 1 aromatic carbocycles. The third kappa shape index (κ3) is 4.06. The van der Waals surface area contributed by atoms with Crippen LogP contribution in [0.15, 0.2) is 18.2 Å². The van der Waals surface area contributed by atoms with Crippen molar-refractivity contribution in [2.75, 3.05) is 7.11 Å². The molecule has 0 amide bonds. The topological polar surface area (TPSA) is 98.6 Å². The molecule has 0 fully saturated rings. The molecule has 3 atom stereocenters. The predicted octanol–water partition coefficient (Wildman–Crippen LogP) is 2.43. The minimum Gasteiger partial charge on any atom is -0.490 e. The van der Waals surface area contributed by atoms with E-state index in [2.05, 4.69) is 0 Å². The number of nitrogens with two attached hydrogens (primary N) is 1. The number of benzene rings is 1. The molecule has 0 spiro atoms. The Hall–Kier alpha value is -1.37. The third-order valence-corrected chi connectivity index (χ3v) is 3.38. The molecule has 0 heterocycles. The van der Waals surface area contributed by atoms with Crippen LogP contribution in [-0.2, 0) is 0 Å². The summed E-state index contributed by atoms with van der Waals surface area (Å²) in [4.78, 5) is 10.4. The second-order valence-corrected chi connectivity index (χ2v) is 4.59. The lowest BCUT2D eigenvalue weighted by Gasteiger charge is -2.24. The number of halogens is 1. The van der Waals surface area contributed by atoms with Crippen molar-refractivity contribution in [2.24, 2.45) is 11.7 Å². The van der Waals surface area contributed by atoms with Crippen molar-refractivity contribution in [3.8, 4) is 5.75 Å². The summed E-state index contributed by atoms with van der Waals surface area (Å²) in [6.45, 7) is 3.85. The van der Waals surface area contributed by atoms with E-state index in [4.69, 9.17) is 10.5 Å². The van der Waals surface area contributed by atoms with Gasteiger partial charge in [0.05, 0.1) is 24.2 Å². The lowest BCUT2D eigenvalue weighted by Crippen LogP contribution is -2.31. The normalized spacial score (nSPS) is 14.8. The van der Waals surface area contributed by atoms with Gasteiger partial charge in [-0.1, -0.05) is 26.3 Å². The van der Waals surface area contributed by atoms with Gasteiger partial charge in [-0.25, -0.2) is 0 Å². The fourth-order valence-electron chi connectivity index (χ4n) is 1.85. The van der Waals surface area contributed by atoms with Crippen LogP contribution in [0.25, 0.3) is 0 Å². The molecule has 0 aliphatic heterocycles. The van der Waals surface area contributed by atoms with Crippen LogP contribution in [0.5, 0.6) is 5.75 Å². The highest BCUT2D eigenvalue weighted by atomic mass is 35.5. The lowest BCUT2D eigenvalue weighted by atomic mass is 9.91. The zero-order valence-corrected chi connectivity index (χ0v) is 12.6. The molecule has 1 aromatic rings. The highest BCUT2D eigenvalue weighted by Gasteiger charge is 2.24. The number of ether oxygens (including phenoxy) is 1. The van der Waals surface area contributed by atoms with E-state index < -0.39 is 17.1 Å². The van der Waals surface area contributed by atoms with E-state index in [1.54, 1.807) is 6.07 Å². The summed E-state index contributed by atoms with van der Waals surface area (Å²) in [7, 11) is 1.37. The number of hydrogen-bond donors (Lipinski definition) is 2. The highest BCUT2D eigenvalue weighted by molar-refractivity contribution is 5.85. The van der Waals surface area contributed by atoms with Crippen LogP contribution in [0.4, 0.5) is 5.69 Å². The average molecular weight is 305 g/mol. The van der Waals surface area contributed by atoms with Gasteiger partial charge >= 0.3 is 5.69 Å². The van der Waals surface area contributed by atoms with E-state index in [1.807, 2.05) is 13.8 Å². The molecule has 0 aliphatic rings. The van der Waals surface area contributed by atoms with E-state index in [0.29, 0.717) is 5.56 Å². The fourth-order valence-corrected chi connectivity index (χ4v) is 1.85. The number of aliphatic hydroxyl groups excluding tert-OH is 1. The van der Waals surface area contributed by atoms with Crippen LogP contribution in [-0.4, -0.2) is 23.2 Å². The molecular weight excluding hydrogens is 284 g/mol. The zero-order valence-electron chi connectivity index (χ0n) is 11.8. The minimum absolute atomic E-state index is 0. The molecular formula is C13H21ClN2O4. The van der Waals surface area contributed by atoms with Gasteiger partial charge in [0, 0.05) is 6.07 Å². The highest BCUT2D eigenvalue weighted by Crippen LogP contribution is 2.31. The van der Waals surface area contributed by atoms with Crippen molar-refractivity contribution >= 4 is 18.1 Å². The first kappa shape index (κ1) is 18.6.